The molecule has 0 aliphatic rings. The van der Waals surface area contributed by atoms with E-state index in [0.717, 1.165) is 10.0 Å². The number of rotatable bonds is 3. The van der Waals surface area contributed by atoms with Gasteiger partial charge in [-0.25, -0.2) is 0 Å². The van der Waals surface area contributed by atoms with Crippen LogP contribution in [0, 0.1) is 0 Å². The van der Waals surface area contributed by atoms with Crippen LogP contribution in [0.15, 0.2) is 40.9 Å². The fourth-order valence-electron chi connectivity index (χ4n) is 0.934. The Morgan fingerprint density at radius 1 is 1.43 bits per heavy atom. The molecular weight excluding hydrogens is 242 g/mol. The predicted octanol–water partition coefficient (Wildman–Crippen LogP) is 2.76. The first-order chi connectivity index (χ1) is 6.59. The van der Waals surface area contributed by atoms with Gasteiger partial charge in [-0.3, -0.25) is 4.79 Å². The van der Waals surface area contributed by atoms with Crippen molar-refractivity contribution >= 4 is 21.8 Å². The molecule has 0 saturated heterocycles. The van der Waals surface area contributed by atoms with Crippen molar-refractivity contribution < 1.29 is 4.79 Å². The van der Waals surface area contributed by atoms with Gasteiger partial charge in [-0.05, 0) is 31.2 Å². The minimum Gasteiger partial charge on any atom is -0.348 e. The Kier molecular flexibility index (Phi) is 3.89. The van der Waals surface area contributed by atoms with Crippen molar-refractivity contribution in [1.29, 1.82) is 0 Å². The van der Waals surface area contributed by atoms with Gasteiger partial charge in [0.1, 0.15) is 0 Å². The zero-order chi connectivity index (χ0) is 10.6. The smallest absolute Gasteiger partial charge is 0.251 e. The normalized spacial score (nSPS) is 9.57. The van der Waals surface area contributed by atoms with Crippen molar-refractivity contribution in [3.05, 3.63) is 46.5 Å². The van der Waals surface area contributed by atoms with Crippen LogP contribution in [0.5, 0.6) is 0 Å². The molecule has 0 bridgehead atoms. The number of amides is 1. The molecule has 74 valence electrons. The molecule has 0 aliphatic heterocycles. The third-order valence-electron chi connectivity index (χ3n) is 1.66. The lowest BCUT2D eigenvalue weighted by molar-refractivity contribution is 0.0957. The van der Waals surface area contributed by atoms with E-state index in [1.54, 1.807) is 12.1 Å². The van der Waals surface area contributed by atoms with Crippen molar-refractivity contribution in [3.8, 4) is 0 Å². The van der Waals surface area contributed by atoms with Gasteiger partial charge >= 0.3 is 0 Å². The number of hydrogen-bond acceptors (Lipinski definition) is 1. The van der Waals surface area contributed by atoms with Gasteiger partial charge in [-0.1, -0.05) is 28.1 Å². The van der Waals surface area contributed by atoms with E-state index in [4.69, 9.17) is 0 Å². The second-order valence-electron chi connectivity index (χ2n) is 3.15. The molecule has 1 N–H and O–H groups in total. The molecule has 0 aliphatic carbocycles. The second-order valence-corrected chi connectivity index (χ2v) is 4.06. The summed E-state index contributed by atoms with van der Waals surface area (Å²) in [7, 11) is 0. The molecule has 0 heterocycles. The van der Waals surface area contributed by atoms with Crippen LogP contribution >= 0.6 is 15.9 Å². The number of carbonyl (C=O) groups excluding carboxylic acids is 1. The lowest BCUT2D eigenvalue weighted by Gasteiger charge is -2.04. The summed E-state index contributed by atoms with van der Waals surface area (Å²) < 4.78 is 0.967. The van der Waals surface area contributed by atoms with Crippen LogP contribution < -0.4 is 5.32 Å². The standard InChI is InChI=1S/C11H12BrNO/c1-8(2)7-13-11(14)9-3-5-10(12)6-4-9/h3-6H,1,7H2,2H3,(H,13,14). The minimum atomic E-state index is -0.0690. The summed E-state index contributed by atoms with van der Waals surface area (Å²) in [6, 6.07) is 7.24. The van der Waals surface area contributed by atoms with Crippen LogP contribution in [0.2, 0.25) is 0 Å². The monoisotopic (exact) mass is 253 g/mol. The molecule has 1 aromatic rings. The molecule has 0 unspecified atom stereocenters. The first kappa shape index (κ1) is 11.0. The SMILES string of the molecule is C=C(C)CNC(=O)c1ccc(Br)cc1. The van der Waals surface area contributed by atoms with Crippen LogP contribution in [0.4, 0.5) is 0 Å². The van der Waals surface area contributed by atoms with Crippen LogP contribution in [0.3, 0.4) is 0 Å². The third kappa shape index (κ3) is 3.34. The summed E-state index contributed by atoms with van der Waals surface area (Å²) in [4.78, 5) is 11.5. The van der Waals surface area contributed by atoms with E-state index < -0.39 is 0 Å². The Morgan fingerprint density at radius 3 is 2.50 bits per heavy atom. The van der Waals surface area contributed by atoms with E-state index in [1.165, 1.54) is 0 Å². The number of hydrogen-bond donors (Lipinski definition) is 1. The summed E-state index contributed by atoms with van der Waals surface area (Å²) in [5, 5.41) is 2.76. The molecule has 1 aromatic carbocycles. The number of halogens is 1. The van der Waals surface area contributed by atoms with E-state index in [2.05, 4.69) is 27.8 Å². The maximum absolute atomic E-state index is 11.5. The van der Waals surface area contributed by atoms with E-state index in [-0.39, 0.29) is 5.91 Å². The number of benzene rings is 1. The summed E-state index contributed by atoms with van der Waals surface area (Å²) in [6.07, 6.45) is 0. The second kappa shape index (κ2) is 4.96. The van der Waals surface area contributed by atoms with Crippen molar-refractivity contribution in [2.75, 3.05) is 6.54 Å². The van der Waals surface area contributed by atoms with Crippen LogP contribution in [0.25, 0.3) is 0 Å². The highest BCUT2D eigenvalue weighted by Gasteiger charge is 2.03. The van der Waals surface area contributed by atoms with E-state index in [9.17, 15) is 4.79 Å². The van der Waals surface area contributed by atoms with Gasteiger partial charge in [-0.2, -0.15) is 0 Å². The molecule has 1 rings (SSSR count). The van der Waals surface area contributed by atoms with Gasteiger partial charge in [0.25, 0.3) is 5.91 Å². The fraction of sp³-hybridized carbons (Fsp3) is 0.182. The molecule has 3 heteroatoms. The maximum atomic E-state index is 11.5. The fourth-order valence-corrected chi connectivity index (χ4v) is 1.20. The van der Waals surface area contributed by atoms with Crippen LogP contribution in [0.1, 0.15) is 17.3 Å². The summed E-state index contributed by atoms with van der Waals surface area (Å²) >= 11 is 3.31. The molecule has 0 aromatic heterocycles. The van der Waals surface area contributed by atoms with Gasteiger partial charge in [-0.15, -0.1) is 0 Å². The average molecular weight is 254 g/mol. The van der Waals surface area contributed by atoms with Crippen molar-refractivity contribution in [2.24, 2.45) is 0 Å². The molecule has 1 amide bonds. The summed E-state index contributed by atoms with van der Waals surface area (Å²) in [6.45, 7) is 6.11. The Morgan fingerprint density at radius 2 is 2.00 bits per heavy atom. The number of carbonyl (C=O) groups is 1. The minimum absolute atomic E-state index is 0.0690. The van der Waals surface area contributed by atoms with E-state index >= 15 is 0 Å². The Bertz CT molecular complexity index is 343. The van der Waals surface area contributed by atoms with E-state index in [0.29, 0.717) is 12.1 Å². The molecular formula is C11H12BrNO. The zero-order valence-electron chi connectivity index (χ0n) is 8.01. The van der Waals surface area contributed by atoms with Crippen molar-refractivity contribution in [3.63, 3.8) is 0 Å². The summed E-state index contributed by atoms with van der Waals surface area (Å²) in [5.41, 5.74) is 1.60. The van der Waals surface area contributed by atoms with Crippen LogP contribution in [-0.2, 0) is 0 Å². The van der Waals surface area contributed by atoms with Gasteiger partial charge in [0.15, 0.2) is 0 Å². The third-order valence-corrected chi connectivity index (χ3v) is 2.19. The van der Waals surface area contributed by atoms with Gasteiger partial charge in [0, 0.05) is 16.6 Å². The summed E-state index contributed by atoms with van der Waals surface area (Å²) in [5.74, 6) is -0.0690. The topological polar surface area (TPSA) is 29.1 Å². The van der Waals surface area contributed by atoms with Crippen molar-refractivity contribution in [1.82, 2.24) is 5.32 Å². The highest BCUT2D eigenvalue weighted by Crippen LogP contribution is 2.10. The van der Waals surface area contributed by atoms with Crippen molar-refractivity contribution in [2.45, 2.75) is 6.92 Å². The van der Waals surface area contributed by atoms with Gasteiger partial charge in [0.2, 0.25) is 0 Å². The average Bonchev–Trinajstić information content (AvgIpc) is 2.15. The predicted molar refractivity (Wildman–Crippen MR) is 61.3 cm³/mol. The zero-order valence-corrected chi connectivity index (χ0v) is 9.60. The first-order valence-corrected chi connectivity index (χ1v) is 5.07. The lowest BCUT2D eigenvalue weighted by Crippen LogP contribution is -2.24. The van der Waals surface area contributed by atoms with Gasteiger partial charge in [0.05, 0.1) is 0 Å². The molecule has 0 radical (unpaired) electrons. The largest absolute Gasteiger partial charge is 0.348 e. The first-order valence-electron chi connectivity index (χ1n) is 4.28. The van der Waals surface area contributed by atoms with E-state index in [1.807, 2.05) is 19.1 Å². The van der Waals surface area contributed by atoms with Gasteiger partial charge < -0.3 is 5.32 Å². The molecule has 2 nitrogen and oxygen atoms in total. The number of nitrogens with one attached hydrogen (secondary N) is 1. The molecule has 0 spiro atoms. The van der Waals surface area contributed by atoms with Crippen LogP contribution in [-0.4, -0.2) is 12.5 Å². The maximum Gasteiger partial charge on any atom is 0.251 e. The molecule has 0 atom stereocenters. The Hall–Kier alpha value is -1.09. The molecule has 0 saturated carbocycles. The lowest BCUT2D eigenvalue weighted by atomic mass is 10.2. The highest BCUT2D eigenvalue weighted by atomic mass is 79.9. The highest BCUT2D eigenvalue weighted by molar-refractivity contribution is 9.10. The molecule has 0 fully saturated rings. The Labute approximate surface area is 92.1 Å². The quantitative estimate of drug-likeness (QED) is 0.825. The molecule has 14 heavy (non-hydrogen) atoms. The Balaban J connectivity index is 2.61.